The van der Waals surface area contributed by atoms with Crippen molar-refractivity contribution in [1.29, 1.82) is 0 Å². The van der Waals surface area contributed by atoms with E-state index in [1.807, 2.05) is 0 Å². The van der Waals surface area contributed by atoms with Crippen LogP contribution in [0.3, 0.4) is 0 Å². The summed E-state index contributed by atoms with van der Waals surface area (Å²) in [7, 11) is 2.93. The number of Topliss-reactive ketones (excluding diaryl/α,β-unsaturated/α-hetero) is 1. The third-order valence-corrected chi connectivity index (χ3v) is 2.64. The summed E-state index contributed by atoms with van der Waals surface area (Å²) in [4.78, 5) is 25.2. The lowest BCUT2D eigenvalue weighted by atomic mass is 10.1. The van der Waals surface area contributed by atoms with Crippen LogP contribution in [0.2, 0.25) is 0 Å². The largest absolute Gasteiger partial charge is 0.496 e. The van der Waals surface area contributed by atoms with Crippen LogP contribution >= 0.6 is 0 Å². The molecule has 18 heavy (non-hydrogen) atoms. The second kappa shape index (κ2) is 4.40. The molecule has 0 radical (unpaired) electrons. The number of hydrogen-bond donors (Lipinski definition) is 2. The topological polar surface area (TPSA) is 88.6 Å². The summed E-state index contributed by atoms with van der Waals surface area (Å²) in [5.41, 5.74) is 0.578. The van der Waals surface area contributed by atoms with Gasteiger partial charge in [-0.3, -0.25) is 4.79 Å². The summed E-state index contributed by atoms with van der Waals surface area (Å²) in [6.45, 7) is 0. The fourth-order valence-electron chi connectivity index (χ4n) is 1.83. The molecule has 2 N–H and O–H groups in total. The number of carbonyl (C=O) groups excluding carboxylic acids is 1. The number of hydrogen-bond acceptors (Lipinski definition) is 4. The molecule has 2 rings (SSSR count). The Bertz CT molecular complexity index is 629. The number of carbonyl (C=O) groups is 2. The molecule has 6 heteroatoms. The maximum Gasteiger partial charge on any atom is 0.377 e. The highest BCUT2D eigenvalue weighted by atomic mass is 16.5. The van der Waals surface area contributed by atoms with Gasteiger partial charge in [-0.25, -0.2) is 4.79 Å². The zero-order valence-electron chi connectivity index (χ0n) is 9.81. The summed E-state index contributed by atoms with van der Waals surface area (Å²) in [5.74, 6) is -1.58. The number of H-pyrrole nitrogens is 1. The molecule has 0 saturated heterocycles. The SMILES string of the molecule is COc1ccc(OC)c2c(C(=O)C(=O)O)c[nH]c12. The lowest BCUT2D eigenvalue weighted by molar-refractivity contribution is -0.131. The van der Waals surface area contributed by atoms with Crippen LogP contribution in [0.4, 0.5) is 0 Å². The van der Waals surface area contributed by atoms with Gasteiger partial charge in [0.1, 0.15) is 11.5 Å². The molecule has 0 unspecified atom stereocenters. The number of rotatable bonds is 4. The maximum atomic E-state index is 11.6. The minimum atomic E-state index is -1.51. The van der Waals surface area contributed by atoms with Crippen molar-refractivity contribution in [1.82, 2.24) is 4.98 Å². The molecule has 0 aliphatic carbocycles. The van der Waals surface area contributed by atoms with Crippen LogP contribution < -0.4 is 9.47 Å². The van der Waals surface area contributed by atoms with E-state index in [4.69, 9.17) is 14.6 Å². The van der Waals surface area contributed by atoms with Gasteiger partial charge in [-0.15, -0.1) is 0 Å². The van der Waals surface area contributed by atoms with E-state index in [1.165, 1.54) is 20.4 Å². The Morgan fingerprint density at radius 2 is 1.78 bits per heavy atom. The zero-order valence-corrected chi connectivity index (χ0v) is 9.81. The molecule has 0 aliphatic heterocycles. The first-order chi connectivity index (χ1) is 8.60. The number of carboxylic acid groups (broad SMARTS) is 1. The lowest BCUT2D eigenvalue weighted by Crippen LogP contribution is -2.12. The predicted octanol–water partition coefficient (Wildman–Crippen LogP) is 1.45. The Hall–Kier alpha value is -2.50. The third kappa shape index (κ3) is 1.67. The average Bonchev–Trinajstić information content (AvgIpc) is 2.81. The highest BCUT2D eigenvalue weighted by Crippen LogP contribution is 2.35. The van der Waals surface area contributed by atoms with E-state index in [-0.39, 0.29) is 5.56 Å². The van der Waals surface area contributed by atoms with Crippen molar-refractivity contribution in [3.63, 3.8) is 0 Å². The van der Waals surface area contributed by atoms with Crippen molar-refractivity contribution in [3.8, 4) is 11.5 Å². The van der Waals surface area contributed by atoms with E-state index >= 15 is 0 Å². The van der Waals surface area contributed by atoms with E-state index < -0.39 is 11.8 Å². The number of carboxylic acids is 1. The van der Waals surface area contributed by atoms with Crippen LogP contribution in [-0.2, 0) is 4.79 Å². The number of nitrogens with one attached hydrogen (secondary N) is 1. The monoisotopic (exact) mass is 249 g/mol. The molecule has 1 heterocycles. The van der Waals surface area contributed by atoms with Gasteiger partial charge in [0.05, 0.1) is 30.7 Å². The number of ketones is 1. The Morgan fingerprint density at radius 1 is 1.17 bits per heavy atom. The summed E-state index contributed by atoms with van der Waals surface area (Å²) in [6.07, 6.45) is 1.34. The second-order valence-corrected chi connectivity index (χ2v) is 3.56. The van der Waals surface area contributed by atoms with E-state index in [9.17, 15) is 9.59 Å². The molecule has 0 fully saturated rings. The molecule has 0 saturated carbocycles. The minimum Gasteiger partial charge on any atom is -0.496 e. The van der Waals surface area contributed by atoms with Crippen molar-refractivity contribution in [2.24, 2.45) is 0 Å². The predicted molar refractivity (Wildman–Crippen MR) is 63.4 cm³/mol. The molecule has 6 nitrogen and oxygen atoms in total. The van der Waals surface area contributed by atoms with Gasteiger partial charge in [0.2, 0.25) is 0 Å². The normalized spacial score (nSPS) is 10.3. The summed E-state index contributed by atoms with van der Waals surface area (Å²) in [5, 5.41) is 9.17. The Kier molecular flexibility index (Phi) is 2.93. The molecular weight excluding hydrogens is 238 g/mol. The van der Waals surface area contributed by atoms with Crippen molar-refractivity contribution in [3.05, 3.63) is 23.9 Å². The van der Waals surface area contributed by atoms with Gasteiger partial charge in [-0.2, -0.15) is 0 Å². The number of aromatic nitrogens is 1. The molecule has 0 aliphatic rings. The highest BCUT2D eigenvalue weighted by molar-refractivity contribution is 6.42. The standard InChI is InChI=1S/C12H11NO5/c1-17-7-3-4-8(18-2)10-9(7)6(5-13-10)11(14)12(15)16/h3-5,13H,1-2H3,(H,15,16). The van der Waals surface area contributed by atoms with Crippen molar-refractivity contribution in [2.45, 2.75) is 0 Å². The highest BCUT2D eigenvalue weighted by Gasteiger charge is 2.22. The molecule has 0 bridgehead atoms. The first kappa shape index (κ1) is 12.0. The number of fused-ring (bicyclic) bond motifs is 1. The van der Waals surface area contributed by atoms with Crippen LogP contribution in [-0.4, -0.2) is 36.1 Å². The van der Waals surface area contributed by atoms with E-state index in [0.717, 1.165) is 0 Å². The van der Waals surface area contributed by atoms with Gasteiger partial charge in [0, 0.05) is 6.20 Å². The van der Waals surface area contributed by atoms with E-state index in [1.54, 1.807) is 12.1 Å². The molecule has 1 aromatic heterocycles. The fraction of sp³-hybridized carbons (Fsp3) is 0.167. The van der Waals surface area contributed by atoms with Crippen molar-refractivity contribution < 1.29 is 24.2 Å². The van der Waals surface area contributed by atoms with Crippen LogP contribution in [0.1, 0.15) is 10.4 Å². The van der Waals surface area contributed by atoms with Crippen LogP contribution in [0.15, 0.2) is 18.3 Å². The van der Waals surface area contributed by atoms with E-state index in [2.05, 4.69) is 4.98 Å². The number of ether oxygens (including phenoxy) is 2. The minimum absolute atomic E-state index is 0.0493. The molecule has 0 amide bonds. The molecule has 1 aromatic carbocycles. The van der Waals surface area contributed by atoms with Gasteiger partial charge in [0.25, 0.3) is 5.78 Å². The van der Waals surface area contributed by atoms with Crippen LogP contribution in [0.5, 0.6) is 11.5 Å². The van der Waals surface area contributed by atoms with Crippen molar-refractivity contribution in [2.75, 3.05) is 14.2 Å². The molecule has 2 aromatic rings. The summed E-state index contributed by atoms with van der Waals surface area (Å²) < 4.78 is 10.3. The first-order valence-corrected chi connectivity index (χ1v) is 5.09. The van der Waals surface area contributed by atoms with Crippen LogP contribution in [0, 0.1) is 0 Å². The van der Waals surface area contributed by atoms with Crippen LogP contribution in [0.25, 0.3) is 10.9 Å². The summed E-state index contributed by atoms with van der Waals surface area (Å²) >= 11 is 0. The number of methoxy groups -OCH3 is 2. The molecule has 0 atom stereocenters. The van der Waals surface area contributed by atoms with Gasteiger partial charge in [-0.05, 0) is 12.1 Å². The first-order valence-electron chi connectivity index (χ1n) is 5.09. The van der Waals surface area contributed by atoms with E-state index in [0.29, 0.717) is 22.4 Å². The Morgan fingerprint density at radius 3 is 2.33 bits per heavy atom. The summed E-state index contributed by atoms with van der Waals surface area (Å²) in [6, 6.07) is 3.29. The quantitative estimate of drug-likeness (QED) is 0.632. The lowest BCUT2D eigenvalue weighted by Gasteiger charge is -2.06. The molecular formula is C12H11NO5. The number of aliphatic carboxylic acids is 1. The Balaban J connectivity index is 2.77. The molecule has 94 valence electrons. The number of benzene rings is 1. The van der Waals surface area contributed by atoms with Gasteiger partial charge < -0.3 is 19.6 Å². The maximum absolute atomic E-state index is 11.6. The average molecular weight is 249 g/mol. The second-order valence-electron chi connectivity index (χ2n) is 3.56. The Labute approximate surface area is 102 Å². The number of aromatic amines is 1. The zero-order chi connectivity index (χ0) is 13.3. The van der Waals surface area contributed by atoms with Gasteiger partial charge in [-0.1, -0.05) is 0 Å². The molecule has 0 spiro atoms. The third-order valence-electron chi connectivity index (χ3n) is 2.64. The van der Waals surface area contributed by atoms with Gasteiger partial charge >= 0.3 is 5.97 Å². The smallest absolute Gasteiger partial charge is 0.377 e. The van der Waals surface area contributed by atoms with Gasteiger partial charge in [0.15, 0.2) is 0 Å². The fourth-order valence-corrected chi connectivity index (χ4v) is 1.83. The van der Waals surface area contributed by atoms with Crippen molar-refractivity contribution >= 4 is 22.7 Å².